The molecular weight excluding hydrogens is 343 g/mol. The predicted octanol–water partition coefficient (Wildman–Crippen LogP) is 5.77. The number of ether oxygens (including phenoxy) is 1. The van der Waals surface area contributed by atoms with Crippen LogP contribution in [0, 0.1) is 5.82 Å². The number of rotatable bonds is 11. The largest absolute Gasteiger partial charge is 0.505 e. The third-order valence-electron chi connectivity index (χ3n) is 4.33. The summed E-state index contributed by atoms with van der Waals surface area (Å²) in [5.41, 5.74) is 1.13. The number of hydrogen-bond acceptors (Lipinski definition) is 4. The first kappa shape index (κ1) is 21.0. The van der Waals surface area contributed by atoms with Crippen molar-refractivity contribution in [3.63, 3.8) is 0 Å². The van der Waals surface area contributed by atoms with Gasteiger partial charge in [0.1, 0.15) is 5.82 Å². The lowest BCUT2D eigenvalue weighted by Crippen LogP contribution is -2.08. The van der Waals surface area contributed by atoms with Gasteiger partial charge in [0, 0.05) is 17.7 Å². The van der Waals surface area contributed by atoms with Crippen LogP contribution in [0.25, 0.3) is 17.5 Å². The Balaban J connectivity index is 1.77. The quantitative estimate of drug-likeness (QED) is 0.509. The number of halogens is 1. The fourth-order valence-corrected chi connectivity index (χ4v) is 2.73. The van der Waals surface area contributed by atoms with Gasteiger partial charge in [-0.3, -0.25) is 0 Å². The van der Waals surface area contributed by atoms with E-state index in [1.165, 1.54) is 31.3 Å². The van der Waals surface area contributed by atoms with Crippen LogP contribution in [-0.2, 0) is 4.74 Å². The molecule has 1 aromatic heterocycles. The highest BCUT2D eigenvalue weighted by molar-refractivity contribution is 5.60. The summed E-state index contributed by atoms with van der Waals surface area (Å²) in [4.78, 5) is 7.99. The maximum Gasteiger partial charge on any atom is 0.159 e. The standard InChI is InChI=1S/C22H29FN2O2/c1-3-4-8-13-27-17(2)9-6-5-7-10-18-11-12-19(14-21(18)23)22-24-15-20(26)16-25-22/h7,10-12,14-17,26H,3-6,8-9,13H2,1-2H3. The fourth-order valence-electron chi connectivity index (χ4n) is 2.73. The zero-order valence-corrected chi connectivity index (χ0v) is 16.2. The van der Waals surface area contributed by atoms with E-state index >= 15 is 0 Å². The van der Waals surface area contributed by atoms with E-state index in [0.29, 0.717) is 17.0 Å². The highest BCUT2D eigenvalue weighted by Crippen LogP contribution is 2.20. The molecule has 1 unspecified atom stereocenters. The third kappa shape index (κ3) is 7.47. The van der Waals surface area contributed by atoms with Gasteiger partial charge in [-0.1, -0.05) is 44.1 Å². The molecule has 1 aromatic carbocycles. The molecule has 0 bridgehead atoms. The normalized spacial score (nSPS) is 12.6. The molecule has 0 saturated heterocycles. The second-order valence-corrected chi connectivity index (χ2v) is 6.72. The number of aromatic hydroxyl groups is 1. The lowest BCUT2D eigenvalue weighted by atomic mass is 10.1. The number of benzene rings is 1. The van der Waals surface area contributed by atoms with Gasteiger partial charge >= 0.3 is 0 Å². The van der Waals surface area contributed by atoms with E-state index < -0.39 is 0 Å². The smallest absolute Gasteiger partial charge is 0.159 e. The monoisotopic (exact) mass is 372 g/mol. The molecule has 0 saturated carbocycles. The van der Waals surface area contributed by atoms with E-state index in [2.05, 4.69) is 23.8 Å². The molecule has 1 heterocycles. The Kier molecular flexibility index (Phi) is 8.92. The molecular formula is C22H29FN2O2. The number of allylic oxidation sites excluding steroid dienone is 1. The van der Waals surface area contributed by atoms with Gasteiger partial charge in [0.2, 0.25) is 0 Å². The van der Waals surface area contributed by atoms with Crippen LogP contribution in [0.5, 0.6) is 5.75 Å². The van der Waals surface area contributed by atoms with Crippen molar-refractivity contribution in [1.29, 1.82) is 0 Å². The second-order valence-electron chi connectivity index (χ2n) is 6.72. The summed E-state index contributed by atoms with van der Waals surface area (Å²) in [7, 11) is 0. The van der Waals surface area contributed by atoms with E-state index in [1.807, 2.05) is 12.2 Å². The van der Waals surface area contributed by atoms with Gasteiger partial charge in [-0.15, -0.1) is 0 Å². The summed E-state index contributed by atoms with van der Waals surface area (Å²) >= 11 is 0. The van der Waals surface area contributed by atoms with Crippen LogP contribution >= 0.6 is 0 Å². The Morgan fingerprint density at radius 3 is 2.67 bits per heavy atom. The van der Waals surface area contributed by atoms with Crippen molar-refractivity contribution >= 4 is 6.08 Å². The molecule has 0 aliphatic rings. The summed E-state index contributed by atoms with van der Waals surface area (Å²) in [5.74, 6) is 0.0580. The number of unbranched alkanes of at least 4 members (excludes halogenated alkanes) is 3. The maximum atomic E-state index is 14.3. The molecule has 2 aromatic rings. The van der Waals surface area contributed by atoms with Crippen LogP contribution in [0.2, 0.25) is 0 Å². The molecule has 2 rings (SSSR count). The van der Waals surface area contributed by atoms with Crippen LogP contribution in [0.3, 0.4) is 0 Å². The van der Waals surface area contributed by atoms with Gasteiger partial charge in [0.25, 0.3) is 0 Å². The minimum atomic E-state index is -0.312. The van der Waals surface area contributed by atoms with Crippen LogP contribution < -0.4 is 0 Å². The second kappa shape index (κ2) is 11.4. The van der Waals surface area contributed by atoms with E-state index in [1.54, 1.807) is 12.1 Å². The van der Waals surface area contributed by atoms with Crippen molar-refractivity contribution < 1.29 is 14.2 Å². The van der Waals surface area contributed by atoms with E-state index in [-0.39, 0.29) is 17.7 Å². The number of aromatic nitrogens is 2. The molecule has 5 heteroatoms. The topological polar surface area (TPSA) is 55.2 Å². The van der Waals surface area contributed by atoms with Crippen molar-refractivity contribution in [2.75, 3.05) is 6.61 Å². The minimum absolute atomic E-state index is 0.0144. The van der Waals surface area contributed by atoms with Gasteiger partial charge in [-0.25, -0.2) is 14.4 Å². The Morgan fingerprint density at radius 1 is 1.19 bits per heavy atom. The van der Waals surface area contributed by atoms with Crippen molar-refractivity contribution in [1.82, 2.24) is 9.97 Å². The number of hydrogen-bond donors (Lipinski definition) is 1. The van der Waals surface area contributed by atoms with Crippen molar-refractivity contribution in [3.8, 4) is 17.1 Å². The summed E-state index contributed by atoms with van der Waals surface area (Å²) < 4.78 is 20.1. The lowest BCUT2D eigenvalue weighted by Gasteiger charge is -2.12. The molecule has 0 aliphatic heterocycles. The third-order valence-corrected chi connectivity index (χ3v) is 4.33. The first-order valence-corrected chi connectivity index (χ1v) is 9.69. The number of nitrogens with zero attached hydrogens (tertiary/aromatic N) is 2. The first-order valence-electron chi connectivity index (χ1n) is 9.69. The SMILES string of the molecule is CCCCCOC(C)CCCC=Cc1ccc(-c2ncc(O)cn2)cc1F. The first-order chi connectivity index (χ1) is 13.1. The molecule has 0 amide bonds. The molecule has 4 nitrogen and oxygen atoms in total. The molecule has 1 atom stereocenters. The molecule has 146 valence electrons. The average molecular weight is 372 g/mol. The summed E-state index contributed by atoms with van der Waals surface area (Å²) in [6, 6.07) is 4.91. The Morgan fingerprint density at radius 2 is 1.96 bits per heavy atom. The van der Waals surface area contributed by atoms with E-state index in [0.717, 1.165) is 32.3 Å². The molecule has 27 heavy (non-hydrogen) atoms. The zero-order valence-electron chi connectivity index (χ0n) is 16.2. The van der Waals surface area contributed by atoms with Crippen molar-refractivity contribution in [3.05, 3.63) is 48.0 Å². The van der Waals surface area contributed by atoms with Gasteiger partial charge < -0.3 is 9.84 Å². The van der Waals surface area contributed by atoms with Crippen LogP contribution in [0.1, 0.15) is 57.9 Å². The average Bonchev–Trinajstić information content (AvgIpc) is 2.66. The Labute approximate surface area is 161 Å². The molecule has 0 spiro atoms. The van der Waals surface area contributed by atoms with Crippen molar-refractivity contribution in [2.45, 2.75) is 58.5 Å². The van der Waals surface area contributed by atoms with Crippen molar-refractivity contribution in [2.24, 2.45) is 0 Å². The highest BCUT2D eigenvalue weighted by atomic mass is 19.1. The van der Waals surface area contributed by atoms with Gasteiger partial charge in [0.15, 0.2) is 11.6 Å². The zero-order chi connectivity index (χ0) is 19.5. The van der Waals surface area contributed by atoms with Gasteiger partial charge in [-0.2, -0.15) is 0 Å². The van der Waals surface area contributed by atoms with Gasteiger partial charge in [0.05, 0.1) is 18.5 Å². The van der Waals surface area contributed by atoms with E-state index in [4.69, 9.17) is 4.74 Å². The Bertz CT molecular complexity index is 717. The van der Waals surface area contributed by atoms with Crippen LogP contribution in [0.4, 0.5) is 4.39 Å². The summed E-state index contributed by atoms with van der Waals surface area (Å²) in [6.45, 7) is 5.14. The Hall–Kier alpha value is -2.27. The highest BCUT2D eigenvalue weighted by Gasteiger charge is 2.06. The molecule has 0 fully saturated rings. The predicted molar refractivity (Wildman–Crippen MR) is 107 cm³/mol. The fraction of sp³-hybridized carbons (Fsp3) is 0.455. The summed E-state index contributed by atoms with van der Waals surface area (Å²) in [5, 5.41) is 9.23. The van der Waals surface area contributed by atoms with Crippen LogP contribution in [-0.4, -0.2) is 27.8 Å². The van der Waals surface area contributed by atoms with Crippen LogP contribution in [0.15, 0.2) is 36.7 Å². The minimum Gasteiger partial charge on any atom is -0.505 e. The summed E-state index contributed by atoms with van der Waals surface area (Å²) in [6.07, 6.45) is 13.2. The maximum absolute atomic E-state index is 14.3. The van der Waals surface area contributed by atoms with Gasteiger partial charge in [-0.05, 0) is 38.7 Å². The molecule has 1 N–H and O–H groups in total. The molecule has 0 radical (unpaired) electrons. The lowest BCUT2D eigenvalue weighted by molar-refractivity contribution is 0.0566. The van der Waals surface area contributed by atoms with E-state index in [9.17, 15) is 9.50 Å². The molecule has 0 aliphatic carbocycles.